The van der Waals surface area contributed by atoms with Gasteiger partial charge in [0.25, 0.3) is 0 Å². The summed E-state index contributed by atoms with van der Waals surface area (Å²) < 4.78 is 0. The van der Waals surface area contributed by atoms with Crippen LogP contribution in [0.5, 0.6) is 0 Å². The fourth-order valence-corrected chi connectivity index (χ4v) is 0.0340. The Balaban J connectivity index is 3.55. The molecule has 4 heavy (non-hydrogen) atoms. The molecule has 0 aromatic carbocycles. The summed E-state index contributed by atoms with van der Waals surface area (Å²) in [5.41, 5.74) is 0. The third-order valence-corrected chi connectivity index (χ3v) is 0.303. The topological polar surface area (TPSA) is 17.1 Å². The zero-order valence-corrected chi connectivity index (χ0v) is 2.06. The van der Waals surface area contributed by atoms with E-state index in [1.807, 2.05) is 0 Å². The summed E-state index contributed by atoms with van der Waals surface area (Å²) in [6.45, 7) is 3.06. The van der Waals surface area contributed by atoms with Crippen molar-refractivity contribution in [1.82, 2.24) is 0 Å². The summed E-state index contributed by atoms with van der Waals surface area (Å²) in [4.78, 5) is 9.44. The second-order valence-corrected chi connectivity index (χ2v) is 0.736. The summed E-state index contributed by atoms with van der Waals surface area (Å²) in [5, 5.41) is 0.167. The number of hydrogen-bond donors (Lipinski definition) is 0. The molecule has 1 rings (SSSR count). The Kier molecular flexibility index (Phi) is 0.203. The van der Waals surface area contributed by atoms with E-state index in [2.05, 4.69) is 0 Å². The van der Waals surface area contributed by atoms with E-state index < -0.39 is 0 Å². The molecule has 0 amide bonds. The molecule has 16 valence electrons. The molecule has 0 saturated heterocycles. The van der Waals surface area contributed by atoms with Gasteiger partial charge in [-0.05, 0) is 0 Å². The second-order valence-electron chi connectivity index (χ2n) is 0.736. The predicted molar refractivity (Wildman–Crippen MR) is 17.8 cm³/mol. The molecule has 0 radical (unpaired) electrons. The van der Waals surface area contributed by atoms with Crippen LogP contribution in [0.1, 0.15) is 0 Å². The minimum atomic E-state index is 0.167. The van der Waals surface area contributed by atoms with E-state index in [9.17, 15) is 4.79 Å². The van der Waals surface area contributed by atoms with Gasteiger partial charge in [-0.1, -0.05) is 0 Å². The summed E-state index contributed by atoms with van der Waals surface area (Å²) in [6, 6.07) is 0. The molecule has 0 aliphatic rings. The Labute approximate surface area is 24.7 Å². The quantitative estimate of drug-likeness (QED) is 0.353. The van der Waals surface area contributed by atoms with Gasteiger partial charge in [-0.25, -0.2) is 0 Å². The van der Waals surface area contributed by atoms with Gasteiger partial charge in [0, 0.05) is 0 Å². The number of hydrogen-bond acceptors (Lipinski definition) is 1. The van der Waals surface area contributed by atoms with Crippen LogP contribution < -0.4 is 5.22 Å². The van der Waals surface area contributed by atoms with Gasteiger partial charge in [0.1, 0.15) is 0 Å². The van der Waals surface area contributed by atoms with Gasteiger partial charge in [0.05, 0.1) is 0 Å². The molecule has 0 unspecified atom stereocenters. The van der Waals surface area contributed by atoms with Crippen molar-refractivity contribution in [1.29, 1.82) is 0 Å². The van der Waals surface area contributed by atoms with Crippen molar-refractivity contribution in [2.45, 2.75) is 0 Å². The standard InChI is InChI=1S/CB2O/c4-1-2-3-1. The molecule has 1 heterocycles. The molecular formula is CB2O. The van der Waals surface area contributed by atoms with Gasteiger partial charge in [-0.15, -0.1) is 0 Å². The van der Waals surface area contributed by atoms with Gasteiger partial charge in [0.15, 0.2) is 0 Å². The van der Waals surface area contributed by atoms with Crippen LogP contribution in [0.3, 0.4) is 0 Å². The molecule has 1 aromatic heterocycles. The van der Waals surface area contributed by atoms with E-state index in [1.54, 1.807) is 0 Å². The van der Waals surface area contributed by atoms with Crippen LogP contribution in [0.25, 0.3) is 0 Å². The van der Waals surface area contributed by atoms with Gasteiger partial charge < -0.3 is 0 Å². The Morgan fingerprint density at radius 1 is 1.50 bits per heavy atom. The predicted octanol–water partition coefficient (Wildman–Crippen LogP) is -1.40. The van der Waals surface area contributed by atoms with Crippen LogP contribution >= 0.6 is 0 Å². The summed E-state index contributed by atoms with van der Waals surface area (Å²) in [6.07, 6.45) is 0. The molecule has 0 aliphatic heterocycles. The van der Waals surface area contributed by atoms with Crippen LogP contribution in [0.15, 0.2) is 4.79 Å². The SMILES string of the molecule is O=c1bb1. The first kappa shape index (κ1) is 2.06. The van der Waals surface area contributed by atoms with Crippen LogP contribution in [0.4, 0.5) is 0 Å². The van der Waals surface area contributed by atoms with Crippen LogP contribution in [0.2, 0.25) is 0 Å². The molecule has 0 N–H and O–H groups in total. The molecule has 3 heteroatoms. The van der Waals surface area contributed by atoms with Crippen LogP contribution in [-0.2, 0) is 0 Å². The zero-order valence-electron chi connectivity index (χ0n) is 2.06. The van der Waals surface area contributed by atoms with E-state index >= 15 is 0 Å². The van der Waals surface area contributed by atoms with E-state index in [0.717, 1.165) is 0 Å². The van der Waals surface area contributed by atoms with Crippen molar-refractivity contribution in [2.75, 3.05) is 0 Å². The zero-order chi connectivity index (χ0) is 2.99. The molecule has 0 atom stereocenters. The Morgan fingerprint density at radius 3 is 1.75 bits per heavy atom. The second kappa shape index (κ2) is 0.394. The third kappa shape index (κ3) is 0.147. The molecule has 0 spiro atoms. The van der Waals surface area contributed by atoms with Crippen molar-refractivity contribution in [3.63, 3.8) is 0 Å². The van der Waals surface area contributed by atoms with Crippen LogP contribution in [-0.4, -0.2) is 13.6 Å². The van der Waals surface area contributed by atoms with Crippen molar-refractivity contribution in [2.24, 2.45) is 0 Å². The molecule has 0 saturated carbocycles. The first-order valence-corrected chi connectivity index (χ1v) is 1.11. The average Bonchev–Trinajstić information content (AvgIpc) is 1.75. The summed E-state index contributed by atoms with van der Waals surface area (Å²) >= 11 is 0. The van der Waals surface area contributed by atoms with E-state index in [-0.39, 0.29) is 5.22 Å². The maximum absolute atomic E-state index is 9.44. The minimum absolute atomic E-state index is 0.167. The van der Waals surface area contributed by atoms with Gasteiger partial charge in [-0.2, -0.15) is 0 Å². The Morgan fingerprint density at radius 2 is 1.75 bits per heavy atom. The van der Waals surface area contributed by atoms with Crippen molar-refractivity contribution < 1.29 is 0 Å². The normalized spacial score (nSPS) is 7.00. The molecule has 0 fully saturated rings. The van der Waals surface area contributed by atoms with Gasteiger partial charge in [-0.3, -0.25) is 0 Å². The fraction of sp³-hybridized carbons (Fsp3) is 0. The Bertz CT molecular complexity index is 94.8. The molecule has 0 bridgehead atoms. The first-order chi connectivity index (χ1) is 1.89. The summed E-state index contributed by atoms with van der Waals surface area (Å²) in [5.74, 6) is 0. The molecule has 1 aromatic rings. The van der Waals surface area contributed by atoms with Crippen LogP contribution in [0, 0.1) is 0 Å². The van der Waals surface area contributed by atoms with Crippen molar-refractivity contribution in [3.8, 4) is 0 Å². The van der Waals surface area contributed by atoms with Gasteiger partial charge in [0.2, 0.25) is 0 Å². The first-order valence-electron chi connectivity index (χ1n) is 1.11. The van der Waals surface area contributed by atoms with Gasteiger partial charge >= 0.3 is 23.6 Å². The summed E-state index contributed by atoms with van der Waals surface area (Å²) in [7, 11) is 0. The monoisotopic (exact) mass is 50.0 g/mol. The third-order valence-electron chi connectivity index (χ3n) is 0.303. The molecular weight excluding hydrogens is 49.6 g/mol. The fourth-order valence-electron chi connectivity index (χ4n) is 0.0340. The average molecular weight is 49.6 g/mol. The maximum atomic E-state index is 9.44. The Hall–Kier alpha value is -0.200. The van der Waals surface area contributed by atoms with Crippen molar-refractivity contribution >= 4 is 13.6 Å². The molecule has 1 nitrogen and oxygen atoms in total. The van der Waals surface area contributed by atoms with E-state index in [0.29, 0.717) is 0 Å². The van der Waals surface area contributed by atoms with E-state index in [1.165, 1.54) is 13.6 Å². The van der Waals surface area contributed by atoms with E-state index in [4.69, 9.17) is 0 Å². The molecule has 0 aliphatic carbocycles. The van der Waals surface area contributed by atoms with Crippen molar-refractivity contribution in [3.05, 3.63) is 10.0 Å². The number of rotatable bonds is 0.